The van der Waals surface area contributed by atoms with Gasteiger partial charge in [-0.15, -0.1) is 4.99 Å². The van der Waals surface area contributed by atoms with Crippen molar-refractivity contribution in [3.05, 3.63) is 65.0 Å². The SMILES string of the molecule is CCCOc1ccc(CCc2ccc(-c3noc([C@@H]4CCCN4/C(=N\C(=O)O)NC(=O)OC(C)(C)C)n3)cc2C(F)(F)F)cc1. The molecule has 1 atom stereocenters. The van der Waals surface area contributed by atoms with Crippen LogP contribution in [0.25, 0.3) is 11.4 Å². The summed E-state index contributed by atoms with van der Waals surface area (Å²) in [6.07, 6.45) is -4.63. The third-order valence-corrected chi connectivity index (χ3v) is 6.82. The van der Waals surface area contributed by atoms with Gasteiger partial charge in [-0.25, -0.2) is 9.59 Å². The summed E-state index contributed by atoms with van der Waals surface area (Å²) in [5, 5.41) is 15.6. The van der Waals surface area contributed by atoms with Gasteiger partial charge in [0.05, 0.1) is 12.2 Å². The fourth-order valence-corrected chi connectivity index (χ4v) is 4.86. The maximum absolute atomic E-state index is 14.2. The van der Waals surface area contributed by atoms with Crippen LogP contribution in [0, 0.1) is 0 Å². The van der Waals surface area contributed by atoms with E-state index in [9.17, 15) is 27.9 Å². The third-order valence-electron chi connectivity index (χ3n) is 6.82. The summed E-state index contributed by atoms with van der Waals surface area (Å²) in [4.78, 5) is 33.1. The van der Waals surface area contributed by atoms with Crippen LogP contribution in [0.15, 0.2) is 52.0 Å². The molecule has 242 valence electrons. The van der Waals surface area contributed by atoms with Gasteiger partial charge in [-0.1, -0.05) is 36.3 Å². The van der Waals surface area contributed by atoms with Crippen LogP contribution in [-0.2, 0) is 23.8 Å². The number of nitrogens with one attached hydrogen (secondary N) is 1. The Morgan fingerprint density at radius 3 is 2.51 bits per heavy atom. The molecule has 0 unspecified atom stereocenters. The van der Waals surface area contributed by atoms with E-state index in [1.807, 2.05) is 31.2 Å². The fourth-order valence-electron chi connectivity index (χ4n) is 4.86. The number of alkyl halides is 3. The number of aromatic nitrogens is 2. The largest absolute Gasteiger partial charge is 0.494 e. The highest BCUT2D eigenvalue weighted by atomic mass is 19.4. The number of likely N-dealkylation sites (tertiary alicyclic amines) is 1. The van der Waals surface area contributed by atoms with E-state index in [4.69, 9.17) is 14.0 Å². The van der Waals surface area contributed by atoms with E-state index in [2.05, 4.69) is 20.4 Å². The van der Waals surface area contributed by atoms with E-state index in [1.165, 1.54) is 17.0 Å². The number of hydrogen-bond acceptors (Lipinski definition) is 7. The Kier molecular flexibility index (Phi) is 10.3. The topological polar surface area (TPSA) is 139 Å². The summed E-state index contributed by atoms with van der Waals surface area (Å²) in [6, 6.07) is 10.5. The number of rotatable bonds is 8. The summed E-state index contributed by atoms with van der Waals surface area (Å²) in [5.74, 6) is 0.403. The Morgan fingerprint density at radius 2 is 1.87 bits per heavy atom. The maximum atomic E-state index is 14.2. The van der Waals surface area contributed by atoms with Crippen molar-refractivity contribution in [1.29, 1.82) is 0 Å². The Morgan fingerprint density at radius 1 is 1.13 bits per heavy atom. The number of carbonyl (C=O) groups excluding carboxylic acids is 1. The zero-order valence-electron chi connectivity index (χ0n) is 25.5. The van der Waals surface area contributed by atoms with Gasteiger partial charge in [0.2, 0.25) is 17.7 Å². The van der Waals surface area contributed by atoms with Gasteiger partial charge < -0.3 is 24.0 Å². The van der Waals surface area contributed by atoms with Crippen molar-refractivity contribution in [1.82, 2.24) is 20.4 Å². The first-order valence-electron chi connectivity index (χ1n) is 14.6. The van der Waals surface area contributed by atoms with Crippen LogP contribution in [0.3, 0.4) is 0 Å². The van der Waals surface area contributed by atoms with Crippen molar-refractivity contribution in [2.24, 2.45) is 4.99 Å². The first-order valence-corrected chi connectivity index (χ1v) is 14.6. The molecular weight excluding hydrogens is 595 g/mol. The number of ether oxygens (including phenoxy) is 2. The molecule has 1 saturated heterocycles. The van der Waals surface area contributed by atoms with Gasteiger partial charge in [0.25, 0.3) is 0 Å². The van der Waals surface area contributed by atoms with Gasteiger partial charge in [-0.05, 0) is 82.2 Å². The van der Waals surface area contributed by atoms with Crippen molar-refractivity contribution >= 4 is 18.1 Å². The quantitative estimate of drug-likeness (QED) is 0.198. The van der Waals surface area contributed by atoms with Crippen LogP contribution in [0.2, 0.25) is 0 Å². The lowest BCUT2D eigenvalue weighted by Crippen LogP contribution is -2.46. The van der Waals surface area contributed by atoms with Crippen LogP contribution in [0.5, 0.6) is 5.75 Å². The van der Waals surface area contributed by atoms with E-state index in [-0.39, 0.29) is 35.2 Å². The number of carbonyl (C=O) groups is 2. The van der Waals surface area contributed by atoms with Gasteiger partial charge in [-0.2, -0.15) is 18.2 Å². The molecule has 45 heavy (non-hydrogen) atoms. The second-order valence-corrected chi connectivity index (χ2v) is 11.5. The number of hydrogen-bond donors (Lipinski definition) is 2. The van der Waals surface area contributed by atoms with Crippen LogP contribution >= 0.6 is 0 Å². The average Bonchev–Trinajstić information content (AvgIpc) is 3.64. The second-order valence-electron chi connectivity index (χ2n) is 11.5. The molecule has 0 spiro atoms. The molecule has 1 aliphatic heterocycles. The molecule has 0 radical (unpaired) electrons. The first kappa shape index (κ1) is 33.3. The third kappa shape index (κ3) is 9.19. The van der Waals surface area contributed by atoms with E-state index in [0.717, 1.165) is 18.1 Å². The predicted octanol–water partition coefficient (Wildman–Crippen LogP) is 7.03. The van der Waals surface area contributed by atoms with E-state index < -0.39 is 35.6 Å². The van der Waals surface area contributed by atoms with Crippen molar-refractivity contribution < 1.29 is 41.9 Å². The smallest absolute Gasteiger partial charge is 0.434 e. The molecule has 1 aliphatic rings. The summed E-state index contributed by atoms with van der Waals surface area (Å²) >= 11 is 0. The fraction of sp³-hybridized carbons (Fsp3) is 0.452. The number of aryl methyl sites for hydroxylation is 2. The lowest BCUT2D eigenvalue weighted by molar-refractivity contribution is -0.138. The van der Waals surface area contributed by atoms with Gasteiger partial charge in [-0.3, -0.25) is 5.32 Å². The number of benzene rings is 2. The zero-order valence-corrected chi connectivity index (χ0v) is 25.5. The zero-order chi connectivity index (χ0) is 32.8. The highest BCUT2D eigenvalue weighted by molar-refractivity contribution is 5.98. The molecule has 2 aromatic carbocycles. The Balaban J connectivity index is 1.53. The maximum Gasteiger partial charge on any atom is 0.434 e. The monoisotopic (exact) mass is 631 g/mol. The molecule has 0 bridgehead atoms. The summed E-state index contributed by atoms with van der Waals surface area (Å²) in [6.45, 7) is 7.84. The Hall–Kier alpha value is -4.62. The van der Waals surface area contributed by atoms with Crippen LogP contribution in [0.4, 0.5) is 22.8 Å². The molecule has 2 heterocycles. The number of alkyl carbamates (subject to hydrolysis) is 1. The summed E-state index contributed by atoms with van der Waals surface area (Å²) in [5.41, 5.74) is -0.522. The van der Waals surface area contributed by atoms with E-state index >= 15 is 0 Å². The highest BCUT2D eigenvalue weighted by Gasteiger charge is 2.36. The average molecular weight is 632 g/mol. The summed E-state index contributed by atoms with van der Waals surface area (Å²) < 4.78 is 58.7. The molecule has 0 saturated carbocycles. The molecule has 0 aliphatic carbocycles. The van der Waals surface area contributed by atoms with Crippen LogP contribution in [0.1, 0.15) is 75.6 Å². The number of carboxylic acid groups (broad SMARTS) is 1. The molecule has 2 N–H and O–H groups in total. The molecule has 2 amide bonds. The molecular formula is C31H36F3N5O6. The minimum Gasteiger partial charge on any atom is -0.494 e. The lowest BCUT2D eigenvalue weighted by atomic mass is 9.97. The van der Waals surface area contributed by atoms with E-state index in [0.29, 0.717) is 38.2 Å². The van der Waals surface area contributed by atoms with Crippen LogP contribution in [-0.4, -0.2) is 57.0 Å². The molecule has 1 aromatic heterocycles. The number of nitrogens with zero attached hydrogens (tertiary/aromatic N) is 4. The highest BCUT2D eigenvalue weighted by Crippen LogP contribution is 2.36. The predicted molar refractivity (Wildman–Crippen MR) is 158 cm³/mol. The van der Waals surface area contributed by atoms with Crippen LogP contribution < -0.4 is 10.1 Å². The van der Waals surface area contributed by atoms with Crippen molar-refractivity contribution in [2.75, 3.05) is 13.2 Å². The number of amides is 2. The van der Waals surface area contributed by atoms with Gasteiger partial charge >= 0.3 is 18.4 Å². The Bertz CT molecular complexity index is 1520. The number of halogens is 3. The van der Waals surface area contributed by atoms with E-state index in [1.54, 1.807) is 20.8 Å². The van der Waals surface area contributed by atoms with Crippen molar-refractivity contribution in [2.45, 2.75) is 77.6 Å². The first-order chi connectivity index (χ1) is 21.2. The lowest BCUT2D eigenvalue weighted by Gasteiger charge is -2.26. The minimum absolute atomic E-state index is 0.0376. The molecule has 4 rings (SSSR count). The summed E-state index contributed by atoms with van der Waals surface area (Å²) in [7, 11) is 0. The molecule has 1 fully saturated rings. The normalized spacial score (nSPS) is 15.7. The number of aliphatic imine (C=N–C) groups is 1. The minimum atomic E-state index is -4.62. The van der Waals surface area contributed by atoms with Crippen molar-refractivity contribution in [3.8, 4) is 17.1 Å². The second kappa shape index (κ2) is 14.0. The van der Waals surface area contributed by atoms with Gasteiger partial charge in [0.15, 0.2) is 0 Å². The number of guanidine groups is 1. The molecule has 11 nitrogen and oxygen atoms in total. The molecule has 3 aromatic rings. The van der Waals surface area contributed by atoms with Crippen molar-refractivity contribution in [3.63, 3.8) is 0 Å². The van der Waals surface area contributed by atoms with Gasteiger partial charge in [0.1, 0.15) is 17.4 Å². The standard InChI is InChI=1S/C31H36F3N5O6/c1-5-17-43-22-14-9-19(10-15-22)8-11-20-12-13-21(18-23(20)31(32,33)34)25-35-26(45-38-25)24-7-6-16-39(24)27(36-28(40)41)37-29(42)44-30(2,3)4/h9-10,12-15,18,24H,5-8,11,16-17H2,1-4H3,(H,40,41)(H,36,37,42)/t24-/m0/s1. The molecule has 14 heteroatoms. The Labute approximate surface area is 258 Å². The van der Waals surface area contributed by atoms with Gasteiger partial charge in [0, 0.05) is 12.1 Å².